The van der Waals surface area contributed by atoms with Gasteiger partial charge in [0.05, 0.1) is 21.1 Å². The Kier molecular flexibility index (Phi) is 1.98. The fraction of sp³-hybridized carbons (Fsp3) is 0. The summed E-state index contributed by atoms with van der Waals surface area (Å²) in [5.74, 6) is 0.893. The van der Waals surface area contributed by atoms with Gasteiger partial charge in [0.15, 0.2) is 5.84 Å². The second kappa shape index (κ2) is 2.84. The molecule has 3 nitrogen and oxygen atoms in total. The summed E-state index contributed by atoms with van der Waals surface area (Å²) in [4.78, 5) is 3.93. The monoisotopic (exact) mass is 295 g/mol. The molecule has 6 heteroatoms. The maximum absolute atomic E-state index is 4.06. The van der Waals surface area contributed by atoms with Gasteiger partial charge in [-0.05, 0) is 22.0 Å². The van der Waals surface area contributed by atoms with Crippen LogP contribution in [0.25, 0.3) is 0 Å². The Labute approximate surface area is 85.2 Å². The summed E-state index contributed by atoms with van der Waals surface area (Å²) in [5, 5.41) is 4.06. The van der Waals surface area contributed by atoms with E-state index in [4.69, 9.17) is 0 Å². The molecule has 2 heterocycles. The van der Waals surface area contributed by atoms with Gasteiger partial charge in [-0.1, -0.05) is 0 Å². The van der Waals surface area contributed by atoms with Gasteiger partial charge in [0.2, 0.25) is 0 Å². The topological polar surface area (TPSA) is 27.6 Å². The smallest absolute Gasteiger partial charge is 0.180 e. The Morgan fingerprint density at radius 2 is 2.45 bits per heavy atom. The molecular formula is C5H3Br2N3S. The Balaban J connectivity index is 2.46. The molecule has 2 aliphatic heterocycles. The molecule has 11 heavy (non-hydrogen) atoms. The summed E-state index contributed by atoms with van der Waals surface area (Å²) in [7, 11) is 0. The molecule has 0 aromatic heterocycles. The highest BCUT2D eigenvalue weighted by Crippen LogP contribution is 2.33. The van der Waals surface area contributed by atoms with Crippen LogP contribution in [0, 0.1) is 0 Å². The van der Waals surface area contributed by atoms with Crippen LogP contribution in [0.5, 0.6) is 0 Å². The third-order valence-corrected chi connectivity index (χ3v) is 3.56. The van der Waals surface area contributed by atoms with E-state index in [0.717, 1.165) is 15.2 Å². The molecule has 2 rings (SSSR count). The molecule has 0 saturated heterocycles. The summed E-state index contributed by atoms with van der Waals surface area (Å²) < 4.78 is 2.85. The zero-order chi connectivity index (χ0) is 7.84. The number of nitrogens with zero attached hydrogens (tertiary/aromatic N) is 2. The van der Waals surface area contributed by atoms with Crippen LogP contribution in [0.15, 0.2) is 26.8 Å². The first-order chi connectivity index (χ1) is 5.29. The summed E-state index contributed by atoms with van der Waals surface area (Å²) in [6.07, 6.45) is 3.85. The molecule has 0 unspecified atom stereocenters. The van der Waals surface area contributed by atoms with Gasteiger partial charge in [-0.15, -0.1) is 5.10 Å². The molecule has 0 aromatic carbocycles. The van der Waals surface area contributed by atoms with E-state index < -0.39 is 0 Å². The van der Waals surface area contributed by atoms with Gasteiger partial charge < -0.3 is 0 Å². The lowest BCUT2D eigenvalue weighted by atomic mass is 10.4. The molecule has 58 valence electrons. The van der Waals surface area contributed by atoms with Gasteiger partial charge in [-0.3, -0.25) is 3.93 Å². The van der Waals surface area contributed by atoms with Crippen LogP contribution in [0.4, 0.5) is 0 Å². The highest BCUT2D eigenvalue weighted by molar-refractivity contribution is 9.12. The number of rotatable bonds is 0. The van der Waals surface area contributed by atoms with Crippen LogP contribution in [0.2, 0.25) is 0 Å². The van der Waals surface area contributed by atoms with Crippen LogP contribution in [-0.2, 0) is 0 Å². The number of hydrogen-bond acceptors (Lipinski definition) is 4. The van der Waals surface area contributed by atoms with E-state index in [-0.39, 0.29) is 0 Å². The van der Waals surface area contributed by atoms with Crippen LogP contribution in [-0.4, -0.2) is 9.76 Å². The maximum atomic E-state index is 4.06. The van der Waals surface area contributed by atoms with Gasteiger partial charge in [0.1, 0.15) is 0 Å². The summed E-state index contributed by atoms with van der Waals surface area (Å²) in [6, 6.07) is 0. The van der Waals surface area contributed by atoms with Gasteiger partial charge in [-0.25, -0.2) is 4.83 Å². The predicted molar refractivity (Wildman–Crippen MR) is 54.0 cm³/mol. The van der Waals surface area contributed by atoms with Crippen molar-refractivity contribution in [3.05, 3.63) is 21.7 Å². The van der Waals surface area contributed by atoms with E-state index in [2.05, 4.69) is 42.0 Å². The molecule has 1 N–H and O–H groups in total. The van der Waals surface area contributed by atoms with Crippen LogP contribution in [0.3, 0.4) is 0 Å². The minimum atomic E-state index is 0.893. The summed E-state index contributed by atoms with van der Waals surface area (Å²) in [6.45, 7) is 0. The molecule has 0 atom stereocenters. The minimum absolute atomic E-state index is 0.893. The Morgan fingerprint density at radius 1 is 1.64 bits per heavy atom. The van der Waals surface area contributed by atoms with Gasteiger partial charge in [-0.2, -0.15) is 0 Å². The SMILES string of the molecule is BrC1=C2SNN=C2N(Br)C=C1. The van der Waals surface area contributed by atoms with Crippen molar-refractivity contribution in [1.82, 2.24) is 8.76 Å². The van der Waals surface area contributed by atoms with E-state index in [1.165, 1.54) is 11.9 Å². The number of hydrogen-bond donors (Lipinski definition) is 1. The lowest BCUT2D eigenvalue weighted by Crippen LogP contribution is -2.17. The molecule has 0 amide bonds. The second-order valence-electron chi connectivity index (χ2n) is 1.93. The van der Waals surface area contributed by atoms with Crippen molar-refractivity contribution in [2.75, 3.05) is 0 Å². The van der Waals surface area contributed by atoms with Crippen LogP contribution in [0.1, 0.15) is 0 Å². The normalized spacial score (nSPS) is 21.6. The van der Waals surface area contributed by atoms with Crippen molar-refractivity contribution in [3.8, 4) is 0 Å². The zero-order valence-electron chi connectivity index (χ0n) is 5.21. The fourth-order valence-electron chi connectivity index (χ4n) is 0.786. The molecular weight excluding hydrogens is 294 g/mol. The molecule has 2 aliphatic rings. The molecule has 0 saturated carbocycles. The van der Waals surface area contributed by atoms with Crippen molar-refractivity contribution >= 4 is 49.9 Å². The van der Waals surface area contributed by atoms with Gasteiger partial charge >= 0.3 is 0 Å². The predicted octanol–water partition coefficient (Wildman–Crippen LogP) is 2.30. The summed E-state index contributed by atoms with van der Waals surface area (Å²) >= 11 is 8.25. The van der Waals surface area contributed by atoms with Gasteiger partial charge in [0.25, 0.3) is 0 Å². The minimum Gasteiger partial charge on any atom is -0.265 e. The molecule has 0 aromatic rings. The van der Waals surface area contributed by atoms with Crippen molar-refractivity contribution in [2.24, 2.45) is 5.10 Å². The van der Waals surface area contributed by atoms with E-state index in [9.17, 15) is 0 Å². The van der Waals surface area contributed by atoms with Crippen molar-refractivity contribution in [1.29, 1.82) is 0 Å². The van der Waals surface area contributed by atoms with Gasteiger partial charge in [0, 0.05) is 22.6 Å². The second-order valence-corrected chi connectivity index (χ2v) is 4.35. The van der Waals surface area contributed by atoms with Crippen molar-refractivity contribution in [2.45, 2.75) is 0 Å². The highest BCUT2D eigenvalue weighted by Gasteiger charge is 2.24. The van der Waals surface area contributed by atoms with Crippen LogP contribution < -0.4 is 4.83 Å². The maximum Gasteiger partial charge on any atom is 0.180 e. The quantitative estimate of drug-likeness (QED) is 0.549. The first-order valence-corrected chi connectivity index (χ1v) is 5.14. The number of fused-ring (bicyclic) bond motifs is 1. The number of amidine groups is 1. The average molecular weight is 297 g/mol. The molecule has 0 aliphatic carbocycles. The average Bonchev–Trinajstić information content (AvgIpc) is 2.45. The molecule has 0 radical (unpaired) electrons. The largest absolute Gasteiger partial charge is 0.265 e. The first-order valence-electron chi connectivity index (χ1n) is 2.82. The third kappa shape index (κ3) is 1.23. The zero-order valence-corrected chi connectivity index (χ0v) is 9.20. The number of halogens is 2. The van der Waals surface area contributed by atoms with Crippen molar-refractivity contribution in [3.63, 3.8) is 0 Å². The number of allylic oxidation sites excluding steroid dienone is 2. The van der Waals surface area contributed by atoms with E-state index in [1.807, 2.05) is 12.3 Å². The third-order valence-electron chi connectivity index (χ3n) is 1.27. The summed E-state index contributed by atoms with van der Waals surface area (Å²) in [5.41, 5.74) is 0. The van der Waals surface area contributed by atoms with E-state index in [0.29, 0.717) is 0 Å². The Bertz CT molecular complexity index is 283. The standard InChI is InChI=1S/C5H3Br2N3S/c6-3-1-2-10(7)5-4(3)11-9-8-5/h1-2,9H. The number of hydrazone groups is 1. The van der Waals surface area contributed by atoms with E-state index >= 15 is 0 Å². The lowest BCUT2D eigenvalue weighted by molar-refractivity contribution is 0.932. The molecule has 0 bridgehead atoms. The van der Waals surface area contributed by atoms with Crippen molar-refractivity contribution < 1.29 is 0 Å². The Hall–Kier alpha value is 0.0600. The highest BCUT2D eigenvalue weighted by atomic mass is 79.9. The lowest BCUT2D eigenvalue weighted by Gasteiger charge is -2.14. The number of nitrogens with one attached hydrogen (secondary N) is 1. The molecule has 0 fully saturated rings. The van der Waals surface area contributed by atoms with E-state index in [1.54, 1.807) is 3.93 Å². The van der Waals surface area contributed by atoms with Crippen LogP contribution >= 0.6 is 44.0 Å². The Morgan fingerprint density at radius 3 is 3.18 bits per heavy atom. The fourth-order valence-corrected chi connectivity index (χ4v) is 2.44. The molecule has 0 spiro atoms. The first kappa shape index (κ1) is 7.70.